The van der Waals surface area contributed by atoms with Crippen LogP contribution in [0.3, 0.4) is 0 Å². The fourth-order valence-corrected chi connectivity index (χ4v) is 9.08. The predicted octanol–water partition coefficient (Wildman–Crippen LogP) is 1.25. The smallest absolute Gasteiger partial charge is 0.155 e. The first-order valence-electron chi connectivity index (χ1n) is 10.2. The summed E-state index contributed by atoms with van der Waals surface area (Å²) >= 11 is 0. The monoisotopic (exact) mass is 422 g/mol. The molecule has 0 spiro atoms. The molecule has 6 atom stereocenters. The van der Waals surface area contributed by atoms with E-state index in [2.05, 4.69) is 0 Å². The Morgan fingerprint density at radius 3 is 1.52 bits per heavy atom. The van der Waals surface area contributed by atoms with Crippen molar-refractivity contribution in [1.29, 1.82) is 0 Å². The number of hydrogen-bond donors (Lipinski definition) is 0. The van der Waals surface area contributed by atoms with Gasteiger partial charge in [-0.15, -0.1) is 0 Å². The maximum atomic E-state index is 12.5. The Morgan fingerprint density at radius 1 is 0.704 bits per heavy atom. The van der Waals surface area contributed by atoms with E-state index in [9.17, 15) is 16.8 Å². The molecule has 0 radical (unpaired) electrons. The Kier molecular flexibility index (Phi) is 5.87. The highest BCUT2D eigenvalue weighted by atomic mass is 32.2. The molecule has 0 bridgehead atoms. The van der Waals surface area contributed by atoms with Gasteiger partial charge in [-0.2, -0.15) is 0 Å². The second kappa shape index (κ2) is 7.89. The van der Waals surface area contributed by atoms with E-state index < -0.39 is 42.4 Å². The lowest BCUT2D eigenvalue weighted by atomic mass is 10.0. The summed E-state index contributed by atoms with van der Waals surface area (Å²) in [6.45, 7) is 1.38. The van der Waals surface area contributed by atoms with E-state index in [1.807, 2.05) is 0 Å². The highest BCUT2D eigenvalue weighted by molar-refractivity contribution is 7.92. The lowest BCUT2D eigenvalue weighted by Gasteiger charge is -2.28. The van der Waals surface area contributed by atoms with Gasteiger partial charge in [0.1, 0.15) is 0 Å². The van der Waals surface area contributed by atoms with Crippen molar-refractivity contribution in [2.24, 2.45) is 0 Å². The van der Waals surface area contributed by atoms with Crippen LogP contribution in [-0.2, 0) is 33.9 Å². The van der Waals surface area contributed by atoms with E-state index in [1.54, 1.807) is 0 Å². The van der Waals surface area contributed by atoms with Crippen LogP contribution in [0.5, 0.6) is 0 Å². The van der Waals surface area contributed by atoms with Crippen LogP contribution in [0.4, 0.5) is 0 Å². The fraction of sp³-hybridized carbons (Fsp3) is 1.00. The second-order valence-electron chi connectivity index (χ2n) is 8.34. The minimum Gasteiger partial charge on any atom is -0.378 e. The zero-order chi connectivity index (χ0) is 19.1. The normalized spacial score (nSPS) is 43.4. The summed E-state index contributed by atoms with van der Waals surface area (Å²) in [5.41, 5.74) is 0. The van der Waals surface area contributed by atoms with Gasteiger partial charge in [-0.25, -0.2) is 16.8 Å². The van der Waals surface area contributed by atoms with Gasteiger partial charge in [-0.1, -0.05) is 0 Å². The van der Waals surface area contributed by atoms with Gasteiger partial charge in [0.25, 0.3) is 0 Å². The Morgan fingerprint density at radius 2 is 1.15 bits per heavy atom. The Bertz CT molecular complexity index is 659. The summed E-state index contributed by atoms with van der Waals surface area (Å²) in [5.74, 6) is 0.232. The van der Waals surface area contributed by atoms with Crippen LogP contribution in [0.25, 0.3) is 0 Å². The van der Waals surface area contributed by atoms with E-state index in [4.69, 9.17) is 14.2 Å². The van der Waals surface area contributed by atoms with Gasteiger partial charge < -0.3 is 14.2 Å². The molecule has 7 nitrogen and oxygen atoms in total. The SMILES string of the molecule is O=S1(=O)CCC(OC2CCS(=O)(=O)C2CC2CCCO2)C1CC1CCCO1. The van der Waals surface area contributed by atoms with Crippen molar-refractivity contribution in [1.82, 2.24) is 0 Å². The largest absolute Gasteiger partial charge is 0.378 e. The average Bonchev–Trinajstić information content (AvgIpc) is 3.38. The summed E-state index contributed by atoms with van der Waals surface area (Å²) < 4.78 is 67.7. The van der Waals surface area contributed by atoms with Crippen molar-refractivity contribution in [3.63, 3.8) is 0 Å². The Balaban J connectivity index is 1.45. The Labute approximate surface area is 162 Å². The summed E-state index contributed by atoms with van der Waals surface area (Å²) in [5, 5.41) is -1.15. The van der Waals surface area contributed by atoms with Crippen LogP contribution in [0.1, 0.15) is 51.4 Å². The van der Waals surface area contributed by atoms with E-state index in [1.165, 1.54) is 0 Å². The van der Waals surface area contributed by atoms with Gasteiger partial charge in [0, 0.05) is 13.2 Å². The highest BCUT2D eigenvalue weighted by Gasteiger charge is 2.48. The zero-order valence-corrected chi connectivity index (χ0v) is 17.3. The van der Waals surface area contributed by atoms with E-state index in [0.29, 0.717) is 38.9 Å². The first-order valence-corrected chi connectivity index (χ1v) is 13.6. The van der Waals surface area contributed by atoms with Crippen molar-refractivity contribution in [3.05, 3.63) is 0 Å². The molecule has 4 aliphatic rings. The predicted molar refractivity (Wildman–Crippen MR) is 100 cm³/mol. The molecule has 4 rings (SSSR count). The van der Waals surface area contributed by atoms with E-state index in [0.717, 1.165) is 25.7 Å². The molecule has 0 N–H and O–H groups in total. The molecule has 4 heterocycles. The lowest BCUT2D eigenvalue weighted by molar-refractivity contribution is -0.0237. The summed E-state index contributed by atoms with van der Waals surface area (Å²) in [4.78, 5) is 0. The lowest BCUT2D eigenvalue weighted by Crippen LogP contribution is -2.39. The van der Waals surface area contributed by atoms with E-state index in [-0.39, 0.29) is 23.7 Å². The molecular formula is C18H30O7S2. The molecule has 9 heteroatoms. The minimum atomic E-state index is -3.21. The summed E-state index contributed by atoms with van der Waals surface area (Å²) in [6, 6.07) is 0. The molecule has 0 aromatic rings. The van der Waals surface area contributed by atoms with Gasteiger partial charge in [0.15, 0.2) is 19.7 Å². The topological polar surface area (TPSA) is 96.0 Å². The van der Waals surface area contributed by atoms with Crippen LogP contribution in [0.2, 0.25) is 0 Å². The number of hydrogen-bond acceptors (Lipinski definition) is 7. The molecule has 156 valence electrons. The van der Waals surface area contributed by atoms with Gasteiger partial charge in [0.2, 0.25) is 0 Å². The summed E-state index contributed by atoms with van der Waals surface area (Å²) in [7, 11) is -6.43. The molecule has 4 fully saturated rings. The van der Waals surface area contributed by atoms with Crippen LogP contribution in [-0.4, -0.2) is 76.5 Å². The number of rotatable bonds is 6. The van der Waals surface area contributed by atoms with Crippen LogP contribution in [0.15, 0.2) is 0 Å². The molecule has 4 aliphatic heterocycles. The molecular weight excluding hydrogens is 392 g/mol. The first-order chi connectivity index (χ1) is 12.9. The maximum absolute atomic E-state index is 12.5. The third-order valence-electron chi connectivity index (χ3n) is 6.51. The number of sulfone groups is 2. The molecule has 0 amide bonds. The maximum Gasteiger partial charge on any atom is 0.155 e. The van der Waals surface area contributed by atoms with Crippen molar-refractivity contribution >= 4 is 19.7 Å². The highest BCUT2D eigenvalue weighted by Crippen LogP contribution is 2.36. The molecule has 4 saturated heterocycles. The third kappa shape index (κ3) is 4.37. The van der Waals surface area contributed by atoms with Gasteiger partial charge in [-0.05, 0) is 51.4 Å². The average molecular weight is 423 g/mol. The van der Waals surface area contributed by atoms with Crippen molar-refractivity contribution in [2.45, 2.75) is 86.3 Å². The Hall–Kier alpha value is -0.220. The molecule has 6 unspecified atom stereocenters. The molecule has 0 aliphatic carbocycles. The van der Waals surface area contributed by atoms with Crippen LogP contribution < -0.4 is 0 Å². The summed E-state index contributed by atoms with van der Waals surface area (Å²) in [6.07, 6.45) is 4.62. The van der Waals surface area contributed by atoms with Crippen molar-refractivity contribution in [2.75, 3.05) is 24.7 Å². The molecule has 0 aromatic heterocycles. The van der Waals surface area contributed by atoms with Gasteiger partial charge >= 0.3 is 0 Å². The third-order valence-corrected chi connectivity index (χ3v) is 11.0. The molecule has 0 saturated carbocycles. The van der Waals surface area contributed by atoms with Gasteiger partial charge in [0.05, 0.1) is 46.4 Å². The second-order valence-corrected chi connectivity index (χ2v) is 13.0. The van der Waals surface area contributed by atoms with E-state index >= 15 is 0 Å². The standard InChI is InChI=1S/C18H30O7S2/c19-26(20)9-5-15(17(26)11-13-3-1-7-23-13)25-16-6-10-27(21,22)18(16)12-14-4-2-8-24-14/h13-18H,1-12H2. The van der Waals surface area contributed by atoms with Crippen LogP contribution >= 0.6 is 0 Å². The minimum absolute atomic E-state index is 0.0241. The first kappa shape index (κ1) is 20.1. The number of ether oxygens (including phenoxy) is 3. The van der Waals surface area contributed by atoms with Crippen LogP contribution in [0, 0.1) is 0 Å². The quantitative estimate of drug-likeness (QED) is 0.636. The van der Waals surface area contributed by atoms with Crippen molar-refractivity contribution < 1.29 is 31.0 Å². The fourth-order valence-electron chi connectivity index (χ4n) is 5.01. The zero-order valence-electron chi connectivity index (χ0n) is 15.6. The van der Waals surface area contributed by atoms with Gasteiger partial charge in [-0.3, -0.25) is 0 Å². The molecule has 27 heavy (non-hydrogen) atoms. The van der Waals surface area contributed by atoms with Crippen molar-refractivity contribution in [3.8, 4) is 0 Å². The molecule has 0 aromatic carbocycles.